The predicted octanol–water partition coefficient (Wildman–Crippen LogP) is 3.31. The summed E-state index contributed by atoms with van der Waals surface area (Å²) in [6.45, 7) is 4.54. The van der Waals surface area contributed by atoms with E-state index in [-0.39, 0.29) is 0 Å². The molecule has 0 aliphatic heterocycles. The number of fused-ring (bicyclic) bond motifs is 1. The monoisotopic (exact) mass is 295 g/mol. The minimum absolute atomic E-state index is 0.597. The maximum Gasteiger partial charge on any atom is 0.215 e. The number of imidazole rings is 1. The van der Waals surface area contributed by atoms with Crippen LogP contribution in [-0.2, 0) is 11.3 Å². The van der Waals surface area contributed by atoms with Crippen LogP contribution in [0.4, 0.5) is 0 Å². The van der Waals surface area contributed by atoms with Crippen molar-refractivity contribution < 1.29 is 9.47 Å². The smallest absolute Gasteiger partial charge is 0.215 e. The average molecular weight is 295 g/mol. The first-order chi connectivity index (χ1) is 9.76. The third-order valence-electron chi connectivity index (χ3n) is 3.11. The summed E-state index contributed by atoms with van der Waals surface area (Å²) < 4.78 is 13.4. The number of hydrogen-bond donors (Lipinski definition) is 1. The topological polar surface area (TPSA) is 52.1 Å². The predicted molar refractivity (Wildman–Crippen MR) is 81.8 cm³/mol. The van der Waals surface area contributed by atoms with Crippen molar-refractivity contribution in [2.24, 2.45) is 0 Å². The number of aromatic amines is 1. The minimum atomic E-state index is 0.597. The van der Waals surface area contributed by atoms with Crippen molar-refractivity contribution in [1.82, 2.24) is 14.5 Å². The number of hydrogen-bond acceptors (Lipinski definition) is 4. The largest absolute Gasteiger partial charge is 0.481 e. The van der Waals surface area contributed by atoms with Gasteiger partial charge in [0.2, 0.25) is 5.88 Å². The fourth-order valence-corrected chi connectivity index (χ4v) is 2.30. The van der Waals surface area contributed by atoms with E-state index < -0.39 is 0 Å². The lowest BCUT2D eigenvalue weighted by Gasteiger charge is -2.06. The van der Waals surface area contributed by atoms with Crippen LogP contribution in [0.3, 0.4) is 0 Å². The van der Waals surface area contributed by atoms with Gasteiger partial charge in [-0.25, -0.2) is 0 Å². The Morgan fingerprint density at radius 1 is 1.30 bits per heavy atom. The molecular formula is C14H21N3O2S. The molecule has 110 valence electrons. The number of aromatic nitrogens is 3. The third kappa shape index (κ3) is 3.58. The highest BCUT2D eigenvalue weighted by Crippen LogP contribution is 2.16. The van der Waals surface area contributed by atoms with Gasteiger partial charge in [-0.3, -0.25) is 0 Å². The number of nitrogens with one attached hydrogen (secondary N) is 1. The van der Waals surface area contributed by atoms with Crippen LogP contribution in [-0.4, -0.2) is 34.9 Å². The highest BCUT2D eigenvalue weighted by Gasteiger charge is 2.07. The fourth-order valence-electron chi connectivity index (χ4n) is 2.01. The molecule has 2 aromatic heterocycles. The van der Waals surface area contributed by atoms with Crippen molar-refractivity contribution in [2.75, 3.05) is 20.3 Å². The number of nitrogens with zero attached hydrogens (tertiary/aromatic N) is 2. The molecule has 0 aliphatic carbocycles. The lowest BCUT2D eigenvalue weighted by atomic mass is 10.3. The molecule has 0 bridgehead atoms. The molecule has 0 unspecified atom stereocenters. The number of rotatable bonds is 8. The number of pyridine rings is 1. The summed E-state index contributed by atoms with van der Waals surface area (Å²) in [5, 5.41) is 0. The molecular weight excluding hydrogens is 274 g/mol. The Morgan fingerprint density at radius 2 is 2.10 bits per heavy atom. The second-order valence-corrected chi connectivity index (χ2v) is 5.01. The van der Waals surface area contributed by atoms with E-state index >= 15 is 0 Å². The second-order valence-electron chi connectivity index (χ2n) is 4.63. The van der Waals surface area contributed by atoms with Gasteiger partial charge in [-0.15, -0.1) is 0 Å². The van der Waals surface area contributed by atoms with Crippen molar-refractivity contribution in [2.45, 2.75) is 32.7 Å². The van der Waals surface area contributed by atoms with Crippen molar-refractivity contribution in [3.8, 4) is 5.88 Å². The van der Waals surface area contributed by atoms with Crippen LogP contribution in [0.1, 0.15) is 26.2 Å². The summed E-state index contributed by atoms with van der Waals surface area (Å²) in [5.74, 6) is 0.597. The summed E-state index contributed by atoms with van der Waals surface area (Å²) in [4.78, 5) is 7.60. The number of H-pyrrole nitrogens is 1. The number of methoxy groups -OCH3 is 1. The van der Waals surface area contributed by atoms with Gasteiger partial charge in [0.25, 0.3) is 0 Å². The molecule has 0 saturated heterocycles. The van der Waals surface area contributed by atoms with Crippen LogP contribution in [0.5, 0.6) is 5.88 Å². The number of unbranched alkanes of at least 4 members (excludes halogenated alkanes) is 1. The Morgan fingerprint density at radius 3 is 2.85 bits per heavy atom. The van der Waals surface area contributed by atoms with E-state index in [4.69, 9.17) is 21.7 Å². The van der Waals surface area contributed by atoms with E-state index in [0.717, 1.165) is 50.2 Å². The van der Waals surface area contributed by atoms with E-state index in [1.165, 1.54) is 0 Å². The molecule has 0 spiro atoms. The van der Waals surface area contributed by atoms with Gasteiger partial charge in [-0.1, -0.05) is 13.3 Å². The van der Waals surface area contributed by atoms with Gasteiger partial charge in [-0.2, -0.15) is 4.98 Å². The van der Waals surface area contributed by atoms with Crippen molar-refractivity contribution in [3.63, 3.8) is 0 Å². The molecule has 1 N–H and O–H groups in total. The molecule has 2 heterocycles. The van der Waals surface area contributed by atoms with E-state index in [1.807, 2.05) is 16.7 Å². The molecule has 20 heavy (non-hydrogen) atoms. The molecule has 2 aromatic rings. The van der Waals surface area contributed by atoms with Gasteiger partial charge in [0.15, 0.2) is 10.4 Å². The zero-order chi connectivity index (χ0) is 14.4. The zero-order valence-electron chi connectivity index (χ0n) is 12.0. The Bertz CT molecular complexity index is 606. The molecule has 0 radical (unpaired) electrons. The molecule has 0 amide bonds. The van der Waals surface area contributed by atoms with Crippen LogP contribution >= 0.6 is 12.2 Å². The first-order valence-corrected chi connectivity index (χ1v) is 7.38. The van der Waals surface area contributed by atoms with Gasteiger partial charge in [-0.05, 0) is 31.1 Å². The lowest BCUT2D eigenvalue weighted by Crippen LogP contribution is -2.04. The maximum absolute atomic E-state index is 5.57. The molecule has 0 fully saturated rings. The van der Waals surface area contributed by atoms with Crippen molar-refractivity contribution in [1.29, 1.82) is 0 Å². The van der Waals surface area contributed by atoms with Crippen LogP contribution in [0.15, 0.2) is 12.1 Å². The normalized spacial score (nSPS) is 11.1. The molecule has 6 heteroatoms. The molecule has 2 rings (SSSR count). The Balaban J connectivity index is 2.01. The lowest BCUT2D eigenvalue weighted by molar-refractivity contribution is 0.126. The maximum atomic E-state index is 5.57. The van der Waals surface area contributed by atoms with Gasteiger partial charge in [0.05, 0.1) is 12.6 Å². The standard InChI is InChI=1S/C14H21N3O2S/c1-3-4-9-19-10-5-8-17-13-11(15-14(17)20)6-7-12(16-13)18-2/h6-7H,3-5,8-10H2,1-2H3,(H,15,20). The summed E-state index contributed by atoms with van der Waals surface area (Å²) in [5.41, 5.74) is 1.77. The summed E-state index contributed by atoms with van der Waals surface area (Å²) in [7, 11) is 1.61. The highest BCUT2D eigenvalue weighted by molar-refractivity contribution is 7.71. The first kappa shape index (κ1) is 15.0. The molecule has 0 aliphatic rings. The van der Waals surface area contributed by atoms with Crippen molar-refractivity contribution in [3.05, 3.63) is 16.9 Å². The highest BCUT2D eigenvalue weighted by atomic mass is 32.1. The summed E-state index contributed by atoms with van der Waals surface area (Å²) >= 11 is 5.34. The fraction of sp³-hybridized carbons (Fsp3) is 0.571. The quantitative estimate of drug-likeness (QED) is 0.599. The zero-order valence-corrected chi connectivity index (χ0v) is 12.8. The van der Waals surface area contributed by atoms with Gasteiger partial charge < -0.3 is 19.0 Å². The van der Waals surface area contributed by atoms with E-state index in [2.05, 4.69) is 16.9 Å². The summed E-state index contributed by atoms with van der Waals surface area (Å²) in [6.07, 6.45) is 3.20. The van der Waals surface area contributed by atoms with Gasteiger partial charge in [0, 0.05) is 25.8 Å². The van der Waals surface area contributed by atoms with Crippen LogP contribution in [0, 0.1) is 4.77 Å². The first-order valence-electron chi connectivity index (χ1n) is 6.97. The third-order valence-corrected chi connectivity index (χ3v) is 3.44. The van der Waals surface area contributed by atoms with E-state index in [0.29, 0.717) is 10.7 Å². The SMILES string of the molecule is CCCCOCCCn1c(=S)[nH]c2ccc(OC)nc21. The number of aryl methyl sites for hydroxylation is 1. The minimum Gasteiger partial charge on any atom is -0.481 e. The number of ether oxygens (including phenoxy) is 2. The van der Waals surface area contributed by atoms with Crippen molar-refractivity contribution >= 4 is 23.4 Å². The molecule has 0 aromatic carbocycles. The Labute approximate surface area is 123 Å². The molecule has 5 nitrogen and oxygen atoms in total. The van der Waals surface area contributed by atoms with Crippen LogP contribution < -0.4 is 4.74 Å². The van der Waals surface area contributed by atoms with E-state index in [9.17, 15) is 0 Å². The van der Waals surface area contributed by atoms with Gasteiger partial charge >= 0.3 is 0 Å². The Kier molecular flexibility index (Phi) is 5.55. The summed E-state index contributed by atoms with van der Waals surface area (Å²) in [6, 6.07) is 3.76. The Hall–Kier alpha value is -1.40. The average Bonchev–Trinajstić information content (AvgIpc) is 2.77. The van der Waals surface area contributed by atoms with Gasteiger partial charge in [0.1, 0.15) is 0 Å². The van der Waals surface area contributed by atoms with Crippen LogP contribution in [0.2, 0.25) is 0 Å². The van der Waals surface area contributed by atoms with Crippen LogP contribution in [0.25, 0.3) is 11.2 Å². The molecule has 0 saturated carbocycles. The second kappa shape index (κ2) is 7.40. The molecule has 0 atom stereocenters. The van der Waals surface area contributed by atoms with E-state index in [1.54, 1.807) is 7.11 Å².